The van der Waals surface area contributed by atoms with Crippen molar-refractivity contribution in [2.24, 2.45) is 0 Å². The highest BCUT2D eigenvalue weighted by Crippen LogP contribution is 2.22. The van der Waals surface area contributed by atoms with Crippen molar-refractivity contribution < 1.29 is 25.6 Å². The first-order valence-electron chi connectivity index (χ1n) is 6.25. The third-order valence-corrected chi connectivity index (χ3v) is 7.03. The molecule has 0 bridgehead atoms. The zero-order valence-corrected chi connectivity index (χ0v) is 14.3. The summed E-state index contributed by atoms with van der Waals surface area (Å²) in [6.07, 6.45) is 0. The molecule has 2 aromatic rings. The Bertz CT molecular complexity index is 860. The fourth-order valence-corrected chi connectivity index (χ4v) is 4.35. The Hall–Kier alpha value is -1.36. The molecule has 10 heteroatoms. The van der Waals surface area contributed by atoms with Gasteiger partial charge in [0.15, 0.2) is 0 Å². The number of sulfone groups is 1. The molecule has 0 saturated heterocycles. The van der Waals surface area contributed by atoms with Gasteiger partial charge in [0, 0.05) is 13.6 Å². The van der Waals surface area contributed by atoms with Crippen LogP contribution in [-0.4, -0.2) is 33.9 Å². The number of benzene rings is 1. The molecule has 23 heavy (non-hydrogen) atoms. The highest BCUT2D eigenvalue weighted by atomic mass is 32.2. The molecule has 2 rings (SSSR count). The van der Waals surface area contributed by atoms with Gasteiger partial charge >= 0.3 is 5.76 Å². The van der Waals surface area contributed by atoms with E-state index in [2.05, 4.69) is 0 Å². The molecule has 0 spiro atoms. The second-order valence-corrected chi connectivity index (χ2v) is 9.41. The van der Waals surface area contributed by atoms with E-state index in [-0.39, 0.29) is 11.4 Å². The normalized spacial score (nSPS) is 12.9. The number of hydrogen-bond acceptors (Lipinski definition) is 5. The molecule has 0 N–H and O–H groups in total. The number of rotatable bonds is 6. The minimum Gasteiger partial charge on any atom is -0.218 e. The average Bonchev–Trinajstić information content (AvgIpc) is 3.00. The molecule has 126 valence electrons. The van der Waals surface area contributed by atoms with Gasteiger partial charge in [-0.1, -0.05) is 0 Å². The van der Waals surface area contributed by atoms with E-state index in [4.69, 9.17) is 0 Å². The van der Waals surface area contributed by atoms with Gasteiger partial charge in [-0.05, 0) is 46.7 Å². The zero-order valence-electron chi connectivity index (χ0n) is 11.9. The number of halogens is 2. The number of thiophene rings is 1. The van der Waals surface area contributed by atoms with E-state index in [1.54, 1.807) is 6.07 Å². The van der Waals surface area contributed by atoms with Crippen molar-refractivity contribution in [3.05, 3.63) is 46.7 Å². The Labute approximate surface area is 137 Å². The van der Waals surface area contributed by atoms with Crippen molar-refractivity contribution in [2.45, 2.75) is 22.1 Å². The molecule has 5 nitrogen and oxygen atoms in total. The maximum Gasteiger partial charge on any atom is 0.341 e. The van der Waals surface area contributed by atoms with Gasteiger partial charge in [0.1, 0.15) is 0 Å². The summed E-state index contributed by atoms with van der Waals surface area (Å²) in [6.45, 7) is 0.156. The SMILES string of the molecule is CN(Cc1ccsc1)S(=O)(=O)c1ccc(S(=O)(=O)C(F)F)cc1. The van der Waals surface area contributed by atoms with Crippen molar-refractivity contribution >= 4 is 31.2 Å². The van der Waals surface area contributed by atoms with E-state index in [0.29, 0.717) is 0 Å². The highest BCUT2D eigenvalue weighted by Gasteiger charge is 2.27. The van der Waals surface area contributed by atoms with Crippen molar-refractivity contribution in [3.63, 3.8) is 0 Å². The molecule has 0 aliphatic rings. The maximum atomic E-state index is 12.5. The van der Waals surface area contributed by atoms with Crippen LogP contribution in [-0.2, 0) is 26.4 Å². The van der Waals surface area contributed by atoms with Crippen LogP contribution in [0.25, 0.3) is 0 Å². The third kappa shape index (κ3) is 3.77. The molecule has 1 aromatic heterocycles. The first-order chi connectivity index (χ1) is 10.7. The summed E-state index contributed by atoms with van der Waals surface area (Å²) in [7, 11) is -7.20. The van der Waals surface area contributed by atoms with Crippen LogP contribution >= 0.6 is 11.3 Å². The molecular weight excluding hydrogens is 368 g/mol. The predicted molar refractivity (Wildman–Crippen MR) is 82.6 cm³/mol. The van der Waals surface area contributed by atoms with Gasteiger partial charge in [0.25, 0.3) is 0 Å². The average molecular weight is 381 g/mol. The van der Waals surface area contributed by atoms with Crippen LogP contribution in [0.3, 0.4) is 0 Å². The molecule has 0 aliphatic carbocycles. The molecule has 0 saturated carbocycles. The van der Waals surface area contributed by atoms with E-state index in [9.17, 15) is 25.6 Å². The molecule has 0 atom stereocenters. The van der Waals surface area contributed by atoms with Crippen molar-refractivity contribution in [2.75, 3.05) is 7.05 Å². The van der Waals surface area contributed by atoms with Gasteiger partial charge in [-0.15, -0.1) is 0 Å². The summed E-state index contributed by atoms with van der Waals surface area (Å²) in [6, 6.07) is 5.54. The highest BCUT2D eigenvalue weighted by molar-refractivity contribution is 7.91. The third-order valence-electron chi connectivity index (χ3n) is 3.08. The molecule has 0 unspecified atom stereocenters. The molecular formula is C13H13F2NO4S3. The largest absolute Gasteiger partial charge is 0.341 e. The maximum absolute atomic E-state index is 12.5. The summed E-state index contributed by atoms with van der Waals surface area (Å²) in [5.41, 5.74) is 0.818. The Balaban J connectivity index is 2.27. The van der Waals surface area contributed by atoms with Crippen LogP contribution < -0.4 is 0 Å². The lowest BCUT2D eigenvalue weighted by Crippen LogP contribution is -2.26. The lowest BCUT2D eigenvalue weighted by atomic mass is 10.3. The Morgan fingerprint density at radius 1 is 1.04 bits per heavy atom. The molecule has 1 heterocycles. The summed E-state index contributed by atoms with van der Waals surface area (Å²) >= 11 is 1.44. The number of hydrogen-bond donors (Lipinski definition) is 0. The van der Waals surface area contributed by atoms with Crippen molar-refractivity contribution in [3.8, 4) is 0 Å². The van der Waals surface area contributed by atoms with E-state index in [1.165, 1.54) is 18.4 Å². The Morgan fingerprint density at radius 2 is 1.61 bits per heavy atom. The molecule has 0 aliphatic heterocycles. The van der Waals surface area contributed by atoms with Gasteiger partial charge in [-0.25, -0.2) is 16.8 Å². The van der Waals surface area contributed by atoms with Crippen LogP contribution in [0.4, 0.5) is 8.78 Å². The predicted octanol–water partition coefficient (Wildman–Crippen LogP) is 2.57. The summed E-state index contributed by atoms with van der Waals surface area (Å²) in [5.74, 6) is -3.55. The number of alkyl halides is 2. The summed E-state index contributed by atoms with van der Waals surface area (Å²) in [4.78, 5) is -0.782. The first kappa shape index (κ1) is 18.0. The molecule has 0 fully saturated rings. The minimum atomic E-state index is -4.74. The van der Waals surface area contributed by atoms with E-state index in [0.717, 1.165) is 34.1 Å². The van der Waals surface area contributed by atoms with Crippen LogP contribution in [0, 0.1) is 0 Å². The number of sulfonamides is 1. The van der Waals surface area contributed by atoms with Crippen LogP contribution in [0.1, 0.15) is 5.56 Å². The molecule has 0 amide bonds. The minimum absolute atomic E-state index is 0.156. The second kappa shape index (κ2) is 6.63. The van der Waals surface area contributed by atoms with Crippen LogP contribution in [0.5, 0.6) is 0 Å². The van der Waals surface area contributed by atoms with E-state index in [1.807, 2.05) is 10.8 Å². The van der Waals surface area contributed by atoms with Gasteiger partial charge in [-0.3, -0.25) is 0 Å². The Morgan fingerprint density at radius 3 is 2.09 bits per heavy atom. The summed E-state index contributed by atoms with van der Waals surface area (Å²) < 4.78 is 73.5. The smallest absolute Gasteiger partial charge is 0.218 e. The van der Waals surface area contributed by atoms with Gasteiger partial charge in [0.05, 0.1) is 9.79 Å². The fourth-order valence-electron chi connectivity index (χ4n) is 1.81. The van der Waals surface area contributed by atoms with Crippen LogP contribution in [0.15, 0.2) is 50.9 Å². The number of nitrogens with zero attached hydrogens (tertiary/aromatic N) is 1. The standard InChI is InChI=1S/C13H13F2NO4S3/c1-16(8-10-6-7-21-9-10)23(19,20)12-4-2-11(3-5-12)22(17,18)13(14)15/h2-7,9,13H,8H2,1H3. The van der Waals surface area contributed by atoms with Gasteiger partial charge in [-0.2, -0.15) is 24.4 Å². The lowest BCUT2D eigenvalue weighted by molar-refractivity contribution is 0.234. The Kier molecular flexibility index (Phi) is 5.19. The monoisotopic (exact) mass is 381 g/mol. The zero-order chi connectivity index (χ0) is 17.3. The van der Waals surface area contributed by atoms with Crippen molar-refractivity contribution in [1.29, 1.82) is 0 Å². The van der Waals surface area contributed by atoms with Crippen molar-refractivity contribution in [1.82, 2.24) is 4.31 Å². The van der Waals surface area contributed by atoms with E-state index < -0.39 is 30.5 Å². The first-order valence-corrected chi connectivity index (χ1v) is 10.2. The second-order valence-electron chi connectivity index (χ2n) is 4.67. The van der Waals surface area contributed by atoms with E-state index >= 15 is 0 Å². The summed E-state index contributed by atoms with van der Waals surface area (Å²) in [5, 5.41) is 3.63. The lowest BCUT2D eigenvalue weighted by Gasteiger charge is -2.16. The van der Waals surface area contributed by atoms with Gasteiger partial charge in [0.2, 0.25) is 19.9 Å². The molecule has 0 radical (unpaired) electrons. The van der Waals surface area contributed by atoms with Crippen LogP contribution in [0.2, 0.25) is 0 Å². The quantitative estimate of drug-likeness (QED) is 0.771. The topological polar surface area (TPSA) is 71.5 Å². The van der Waals surface area contributed by atoms with Gasteiger partial charge < -0.3 is 0 Å². The fraction of sp³-hybridized carbons (Fsp3) is 0.231. The molecule has 1 aromatic carbocycles.